The average Bonchev–Trinajstić information content (AvgIpc) is 2.16. The molecule has 0 atom stereocenters. The van der Waals surface area contributed by atoms with Gasteiger partial charge in [-0.3, -0.25) is 0 Å². The summed E-state index contributed by atoms with van der Waals surface area (Å²) in [7, 11) is 0. The zero-order valence-electron chi connectivity index (χ0n) is 8.04. The molecule has 14 heavy (non-hydrogen) atoms. The van der Waals surface area contributed by atoms with Gasteiger partial charge >= 0.3 is 5.97 Å². The molecule has 0 aliphatic rings. The fourth-order valence-corrected chi connectivity index (χ4v) is 1.08. The molecule has 0 aromatic heterocycles. The molecule has 1 N–H and O–H groups in total. The molecule has 0 heterocycles. The molecule has 3 heteroatoms. The van der Waals surface area contributed by atoms with Crippen LogP contribution in [-0.2, 0) is 4.79 Å². The largest absolute Gasteiger partial charge is 0.478 e. The second kappa shape index (κ2) is 4.05. The molecule has 0 bridgehead atoms. The first-order chi connectivity index (χ1) is 6.52. The standard InChI is InChI=1S/C11H11FO2/c1-7(8(2)11(13)14)9-3-5-10(12)6-4-9/h3-6H,1-2H3,(H,13,14). The van der Waals surface area contributed by atoms with Gasteiger partial charge in [0.2, 0.25) is 0 Å². The molecule has 0 unspecified atom stereocenters. The topological polar surface area (TPSA) is 37.3 Å². The lowest BCUT2D eigenvalue weighted by Crippen LogP contribution is -1.99. The molecule has 0 spiro atoms. The van der Waals surface area contributed by atoms with E-state index in [0.717, 1.165) is 5.56 Å². The van der Waals surface area contributed by atoms with E-state index >= 15 is 0 Å². The van der Waals surface area contributed by atoms with Crippen LogP contribution in [0.25, 0.3) is 5.57 Å². The van der Waals surface area contributed by atoms with Crippen LogP contribution in [0.5, 0.6) is 0 Å². The predicted molar refractivity (Wildman–Crippen MR) is 52.3 cm³/mol. The normalized spacial score (nSPS) is 12.2. The summed E-state index contributed by atoms with van der Waals surface area (Å²) in [6.07, 6.45) is 0. The maximum atomic E-state index is 12.6. The monoisotopic (exact) mass is 194 g/mol. The van der Waals surface area contributed by atoms with Crippen LogP contribution in [0.1, 0.15) is 19.4 Å². The Morgan fingerprint density at radius 1 is 1.21 bits per heavy atom. The van der Waals surface area contributed by atoms with Gasteiger partial charge in [-0.25, -0.2) is 9.18 Å². The lowest BCUT2D eigenvalue weighted by molar-refractivity contribution is -0.132. The van der Waals surface area contributed by atoms with E-state index < -0.39 is 5.97 Å². The summed E-state index contributed by atoms with van der Waals surface area (Å²) in [5, 5.41) is 8.74. The summed E-state index contributed by atoms with van der Waals surface area (Å²) >= 11 is 0. The van der Waals surface area contributed by atoms with Gasteiger partial charge in [0.25, 0.3) is 0 Å². The van der Waals surface area contributed by atoms with Gasteiger partial charge in [0.15, 0.2) is 0 Å². The van der Waals surface area contributed by atoms with Crippen molar-refractivity contribution in [1.82, 2.24) is 0 Å². The van der Waals surface area contributed by atoms with Crippen molar-refractivity contribution in [2.24, 2.45) is 0 Å². The Bertz CT molecular complexity index is 377. The summed E-state index contributed by atoms with van der Waals surface area (Å²) in [5.74, 6) is -1.28. The van der Waals surface area contributed by atoms with Gasteiger partial charge in [-0.1, -0.05) is 12.1 Å². The van der Waals surface area contributed by atoms with Gasteiger partial charge < -0.3 is 5.11 Å². The van der Waals surface area contributed by atoms with Crippen LogP contribution in [0, 0.1) is 5.82 Å². The van der Waals surface area contributed by atoms with Gasteiger partial charge in [-0.2, -0.15) is 0 Å². The highest BCUT2D eigenvalue weighted by Crippen LogP contribution is 2.18. The highest BCUT2D eigenvalue weighted by molar-refractivity contribution is 5.95. The fourth-order valence-electron chi connectivity index (χ4n) is 1.08. The minimum atomic E-state index is -0.952. The van der Waals surface area contributed by atoms with E-state index in [0.29, 0.717) is 5.57 Å². The average molecular weight is 194 g/mol. The highest BCUT2D eigenvalue weighted by Gasteiger charge is 2.06. The minimum absolute atomic E-state index is 0.275. The number of carbonyl (C=O) groups is 1. The van der Waals surface area contributed by atoms with Gasteiger partial charge in [0.05, 0.1) is 0 Å². The van der Waals surface area contributed by atoms with Gasteiger partial charge in [-0.05, 0) is 37.1 Å². The van der Waals surface area contributed by atoms with E-state index in [4.69, 9.17) is 5.11 Å². The summed E-state index contributed by atoms with van der Waals surface area (Å²) < 4.78 is 12.6. The predicted octanol–water partition coefficient (Wildman–Crippen LogP) is 2.70. The SMILES string of the molecule is CC(C(=O)O)=C(C)c1ccc(F)cc1. The van der Waals surface area contributed by atoms with Crippen molar-refractivity contribution >= 4 is 11.5 Å². The summed E-state index contributed by atoms with van der Waals surface area (Å²) in [5.41, 5.74) is 1.65. The Morgan fingerprint density at radius 3 is 2.14 bits per heavy atom. The van der Waals surface area contributed by atoms with Crippen LogP contribution in [0.15, 0.2) is 29.8 Å². The van der Waals surface area contributed by atoms with E-state index in [1.54, 1.807) is 19.1 Å². The first kappa shape index (κ1) is 10.4. The van der Waals surface area contributed by atoms with Crippen molar-refractivity contribution in [3.05, 3.63) is 41.2 Å². The molecule has 0 saturated heterocycles. The zero-order chi connectivity index (χ0) is 10.7. The Hall–Kier alpha value is -1.64. The maximum Gasteiger partial charge on any atom is 0.331 e. The zero-order valence-corrected chi connectivity index (χ0v) is 8.04. The van der Waals surface area contributed by atoms with Crippen molar-refractivity contribution in [1.29, 1.82) is 0 Å². The number of hydrogen-bond donors (Lipinski definition) is 1. The molecule has 0 aliphatic heterocycles. The number of allylic oxidation sites excluding steroid dienone is 1. The molecule has 0 fully saturated rings. The third-order valence-electron chi connectivity index (χ3n) is 2.16. The van der Waals surface area contributed by atoms with E-state index in [9.17, 15) is 9.18 Å². The van der Waals surface area contributed by atoms with Crippen LogP contribution in [0.3, 0.4) is 0 Å². The number of halogens is 1. The first-order valence-corrected chi connectivity index (χ1v) is 4.19. The number of hydrogen-bond acceptors (Lipinski definition) is 1. The molecule has 1 rings (SSSR count). The third kappa shape index (κ3) is 2.19. The van der Waals surface area contributed by atoms with Gasteiger partial charge in [0, 0.05) is 5.57 Å². The quantitative estimate of drug-likeness (QED) is 0.735. The van der Waals surface area contributed by atoms with Crippen molar-refractivity contribution in [3.8, 4) is 0 Å². The van der Waals surface area contributed by atoms with Gasteiger partial charge in [0.1, 0.15) is 5.82 Å². The highest BCUT2D eigenvalue weighted by atomic mass is 19.1. The molecule has 0 saturated carbocycles. The lowest BCUT2D eigenvalue weighted by atomic mass is 10.0. The minimum Gasteiger partial charge on any atom is -0.478 e. The van der Waals surface area contributed by atoms with E-state index in [2.05, 4.69) is 0 Å². The molecule has 0 aliphatic carbocycles. The van der Waals surface area contributed by atoms with Crippen LogP contribution in [0.4, 0.5) is 4.39 Å². The lowest BCUT2D eigenvalue weighted by Gasteiger charge is -2.03. The Morgan fingerprint density at radius 2 is 1.71 bits per heavy atom. The fraction of sp³-hybridized carbons (Fsp3) is 0.182. The summed E-state index contributed by atoms with van der Waals surface area (Å²) in [6.45, 7) is 3.23. The third-order valence-corrected chi connectivity index (χ3v) is 2.16. The summed E-state index contributed by atoms with van der Waals surface area (Å²) in [4.78, 5) is 10.6. The first-order valence-electron chi connectivity index (χ1n) is 4.19. The molecule has 2 nitrogen and oxygen atoms in total. The van der Waals surface area contributed by atoms with Crippen LogP contribution < -0.4 is 0 Å². The van der Waals surface area contributed by atoms with Crippen LogP contribution in [-0.4, -0.2) is 11.1 Å². The molecule has 1 aromatic carbocycles. The number of aliphatic carboxylic acids is 1. The number of carboxylic acids is 1. The number of benzene rings is 1. The second-order valence-corrected chi connectivity index (χ2v) is 3.06. The molecular weight excluding hydrogens is 183 g/mol. The number of rotatable bonds is 2. The molecular formula is C11H11FO2. The Kier molecular flexibility index (Phi) is 3.02. The van der Waals surface area contributed by atoms with Crippen molar-refractivity contribution < 1.29 is 14.3 Å². The molecule has 0 amide bonds. The van der Waals surface area contributed by atoms with E-state index in [1.807, 2.05) is 0 Å². The molecule has 1 aromatic rings. The second-order valence-electron chi connectivity index (χ2n) is 3.06. The molecule has 0 radical (unpaired) electrons. The van der Waals surface area contributed by atoms with E-state index in [-0.39, 0.29) is 11.4 Å². The van der Waals surface area contributed by atoms with Crippen molar-refractivity contribution in [2.75, 3.05) is 0 Å². The maximum absolute atomic E-state index is 12.6. The van der Waals surface area contributed by atoms with Crippen LogP contribution in [0.2, 0.25) is 0 Å². The number of carboxylic acid groups (broad SMARTS) is 1. The Balaban J connectivity index is 3.12. The van der Waals surface area contributed by atoms with Crippen LogP contribution >= 0.6 is 0 Å². The van der Waals surface area contributed by atoms with Gasteiger partial charge in [-0.15, -0.1) is 0 Å². The Labute approximate surface area is 81.7 Å². The van der Waals surface area contributed by atoms with Crippen molar-refractivity contribution in [3.63, 3.8) is 0 Å². The van der Waals surface area contributed by atoms with E-state index in [1.165, 1.54) is 19.1 Å². The molecule has 74 valence electrons. The smallest absolute Gasteiger partial charge is 0.331 e. The van der Waals surface area contributed by atoms with Crippen molar-refractivity contribution in [2.45, 2.75) is 13.8 Å². The summed E-state index contributed by atoms with van der Waals surface area (Å²) in [6, 6.07) is 5.76.